The van der Waals surface area contributed by atoms with Crippen LogP contribution in [-0.2, 0) is 22.6 Å². The lowest BCUT2D eigenvalue weighted by atomic mass is 9.80. The summed E-state index contributed by atoms with van der Waals surface area (Å²) in [7, 11) is 0. The number of carbonyl (C=O) groups is 1. The van der Waals surface area contributed by atoms with Crippen LogP contribution >= 0.6 is 0 Å². The molecule has 0 radical (unpaired) electrons. The summed E-state index contributed by atoms with van der Waals surface area (Å²) in [5, 5.41) is 10.1. The first-order valence-corrected chi connectivity index (χ1v) is 14.5. The van der Waals surface area contributed by atoms with Crippen LogP contribution in [0.5, 0.6) is 11.5 Å². The highest BCUT2D eigenvalue weighted by molar-refractivity contribution is 5.94. The van der Waals surface area contributed by atoms with Crippen LogP contribution in [0.1, 0.15) is 58.6 Å². The monoisotopic (exact) mass is 542 g/mol. The minimum Gasteiger partial charge on any atom is -0.457 e. The van der Waals surface area contributed by atoms with Gasteiger partial charge in [0.05, 0.1) is 19.8 Å². The molecular formula is C33H38N2O5. The molecule has 0 bridgehead atoms. The molecule has 1 saturated carbocycles. The molecule has 2 heterocycles. The maximum atomic E-state index is 13.1. The van der Waals surface area contributed by atoms with Crippen LogP contribution in [0, 0.1) is 0 Å². The third kappa shape index (κ3) is 6.08. The standard InChI is InChI=1S/C33H38N2O5/c36-24-29-22-28(26-12-14-33(15-13-26)38-20-21-39-33)8-11-31(29)40-30-9-6-27(7-10-30)32(37)35-18-16-34(17-19-35)23-25-4-2-1-3-5-25/h1-11,22,26,36H,12-21,23-24H2. The zero-order valence-electron chi connectivity index (χ0n) is 23.0. The maximum absolute atomic E-state index is 13.1. The Morgan fingerprint density at radius 1 is 0.900 bits per heavy atom. The van der Waals surface area contributed by atoms with E-state index in [1.165, 1.54) is 11.1 Å². The zero-order valence-corrected chi connectivity index (χ0v) is 23.0. The molecule has 3 aromatic carbocycles. The van der Waals surface area contributed by atoms with Gasteiger partial charge in [0.1, 0.15) is 11.5 Å². The van der Waals surface area contributed by atoms with Crippen molar-refractivity contribution in [3.05, 3.63) is 95.1 Å². The number of carbonyl (C=O) groups excluding carboxylic acids is 1. The predicted octanol–water partition coefficient (Wildman–Crippen LogP) is 5.33. The topological polar surface area (TPSA) is 71.5 Å². The Morgan fingerprint density at radius 2 is 1.60 bits per heavy atom. The molecule has 6 rings (SSSR count). The van der Waals surface area contributed by atoms with Crippen molar-refractivity contribution in [1.29, 1.82) is 0 Å². The Hall–Kier alpha value is -3.23. The number of hydrogen-bond donors (Lipinski definition) is 1. The van der Waals surface area contributed by atoms with E-state index in [2.05, 4.69) is 41.3 Å². The lowest BCUT2D eigenvalue weighted by Gasteiger charge is -2.35. The highest BCUT2D eigenvalue weighted by Gasteiger charge is 2.40. The molecule has 3 aliphatic rings. The lowest BCUT2D eigenvalue weighted by molar-refractivity contribution is -0.178. The second-order valence-corrected chi connectivity index (χ2v) is 11.1. The van der Waals surface area contributed by atoms with E-state index in [0.29, 0.717) is 36.2 Å². The Morgan fingerprint density at radius 3 is 2.27 bits per heavy atom. The van der Waals surface area contributed by atoms with Gasteiger partial charge in [0.2, 0.25) is 0 Å². The molecule has 1 amide bonds. The van der Waals surface area contributed by atoms with Crippen molar-refractivity contribution >= 4 is 5.91 Å². The molecule has 7 nitrogen and oxygen atoms in total. The normalized spacial score (nSPS) is 19.7. The molecule has 1 aliphatic carbocycles. The van der Waals surface area contributed by atoms with Crippen LogP contribution in [0.25, 0.3) is 0 Å². The highest BCUT2D eigenvalue weighted by atomic mass is 16.7. The van der Waals surface area contributed by atoms with Crippen molar-refractivity contribution in [2.75, 3.05) is 39.4 Å². The number of benzene rings is 3. The van der Waals surface area contributed by atoms with Crippen molar-refractivity contribution in [1.82, 2.24) is 9.80 Å². The third-order valence-electron chi connectivity index (χ3n) is 8.52. The molecule has 0 atom stereocenters. The average Bonchev–Trinajstić information content (AvgIpc) is 3.46. The highest BCUT2D eigenvalue weighted by Crippen LogP contribution is 2.43. The molecule has 7 heteroatoms. The Labute approximate surface area is 236 Å². The lowest BCUT2D eigenvalue weighted by Crippen LogP contribution is -2.48. The number of rotatable bonds is 7. The van der Waals surface area contributed by atoms with E-state index in [9.17, 15) is 9.90 Å². The first kappa shape index (κ1) is 27.0. The maximum Gasteiger partial charge on any atom is 0.253 e. The fourth-order valence-corrected chi connectivity index (χ4v) is 6.18. The van der Waals surface area contributed by atoms with Gasteiger partial charge in [-0.3, -0.25) is 9.69 Å². The number of ether oxygens (including phenoxy) is 3. The molecule has 2 saturated heterocycles. The summed E-state index contributed by atoms with van der Waals surface area (Å²) in [5.74, 6) is 1.37. The van der Waals surface area contributed by atoms with Crippen LogP contribution in [0.3, 0.4) is 0 Å². The molecule has 3 aromatic rings. The Balaban J connectivity index is 1.03. The van der Waals surface area contributed by atoms with Crippen molar-refractivity contribution in [3.8, 4) is 11.5 Å². The minimum absolute atomic E-state index is 0.0500. The van der Waals surface area contributed by atoms with Gasteiger partial charge < -0.3 is 24.2 Å². The van der Waals surface area contributed by atoms with Crippen LogP contribution < -0.4 is 4.74 Å². The van der Waals surface area contributed by atoms with Gasteiger partial charge in [-0.1, -0.05) is 36.4 Å². The van der Waals surface area contributed by atoms with E-state index < -0.39 is 0 Å². The van der Waals surface area contributed by atoms with Gasteiger partial charge in [-0.05, 0) is 66.3 Å². The van der Waals surface area contributed by atoms with E-state index in [-0.39, 0.29) is 18.3 Å². The quantitative estimate of drug-likeness (QED) is 0.435. The van der Waals surface area contributed by atoms with Gasteiger partial charge in [0.25, 0.3) is 5.91 Å². The van der Waals surface area contributed by atoms with E-state index in [1.54, 1.807) is 0 Å². The van der Waals surface area contributed by atoms with Crippen molar-refractivity contribution < 1.29 is 24.1 Å². The molecule has 3 fully saturated rings. The molecule has 1 N–H and O–H groups in total. The van der Waals surface area contributed by atoms with E-state index in [0.717, 1.165) is 64.0 Å². The summed E-state index contributed by atoms with van der Waals surface area (Å²) >= 11 is 0. The molecule has 0 unspecified atom stereocenters. The van der Waals surface area contributed by atoms with E-state index in [4.69, 9.17) is 14.2 Å². The van der Waals surface area contributed by atoms with Gasteiger partial charge in [-0.2, -0.15) is 0 Å². The number of aliphatic hydroxyl groups is 1. The van der Waals surface area contributed by atoms with Crippen LogP contribution in [0.2, 0.25) is 0 Å². The molecule has 1 spiro atoms. The van der Waals surface area contributed by atoms with Crippen LogP contribution in [0.15, 0.2) is 72.8 Å². The fourth-order valence-electron chi connectivity index (χ4n) is 6.18. The summed E-state index contributed by atoms with van der Waals surface area (Å²) in [6.45, 7) is 5.36. The largest absolute Gasteiger partial charge is 0.457 e. The van der Waals surface area contributed by atoms with Crippen LogP contribution in [-0.4, -0.2) is 66.0 Å². The van der Waals surface area contributed by atoms with Gasteiger partial charge in [0.15, 0.2) is 5.79 Å². The number of piperazine rings is 1. The number of nitrogens with zero attached hydrogens (tertiary/aromatic N) is 2. The van der Waals surface area contributed by atoms with Crippen molar-refractivity contribution in [2.24, 2.45) is 0 Å². The zero-order chi connectivity index (χ0) is 27.4. The summed E-state index contributed by atoms with van der Waals surface area (Å²) < 4.78 is 17.9. The summed E-state index contributed by atoms with van der Waals surface area (Å²) in [6, 6.07) is 23.9. The molecular weight excluding hydrogens is 504 g/mol. The molecule has 2 aliphatic heterocycles. The summed E-state index contributed by atoms with van der Waals surface area (Å²) in [6.07, 6.45) is 3.81. The molecule has 210 valence electrons. The van der Waals surface area contributed by atoms with Crippen molar-refractivity contribution in [3.63, 3.8) is 0 Å². The number of aliphatic hydroxyl groups excluding tert-OH is 1. The Bertz CT molecular complexity index is 1270. The molecule has 40 heavy (non-hydrogen) atoms. The van der Waals surface area contributed by atoms with Gasteiger partial charge in [-0.15, -0.1) is 0 Å². The first-order chi connectivity index (χ1) is 19.6. The van der Waals surface area contributed by atoms with Gasteiger partial charge >= 0.3 is 0 Å². The van der Waals surface area contributed by atoms with Gasteiger partial charge in [-0.25, -0.2) is 0 Å². The second kappa shape index (κ2) is 12.1. The average molecular weight is 543 g/mol. The summed E-state index contributed by atoms with van der Waals surface area (Å²) in [5.41, 5.74) is 3.94. The van der Waals surface area contributed by atoms with E-state index >= 15 is 0 Å². The fraction of sp³-hybridized carbons (Fsp3) is 0.424. The van der Waals surface area contributed by atoms with Crippen LogP contribution in [0.4, 0.5) is 0 Å². The number of amides is 1. The molecule has 0 aromatic heterocycles. The third-order valence-corrected chi connectivity index (χ3v) is 8.52. The number of hydrogen-bond acceptors (Lipinski definition) is 6. The SMILES string of the molecule is O=C(c1ccc(Oc2ccc(C3CCC4(CC3)OCCO4)cc2CO)cc1)N1CCN(Cc2ccccc2)CC1. The van der Waals surface area contributed by atoms with Crippen molar-refractivity contribution in [2.45, 2.75) is 50.5 Å². The smallest absolute Gasteiger partial charge is 0.253 e. The van der Waals surface area contributed by atoms with Gasteiger partial charge in [0, 0.05) is 56.7 Å². The second-order valence-electron chi connectivity index (χ2n) is 11.1. The minimum atomic E-state index is -0.371. The summed E-state index contributed by atoms with van der Waals surface area (Å²) in [4.78, 5) is 17.4. The first-order valence-electron chi connectivity index (χ1n) is 14.5. The Kier molecular flexibility index (Phi) is 8.16. The predicted molar refractivity (Wildman–Crippen MR) is 152 cm³/mol. The van der Waals surface area contributed by atoms with E-state index in [1.807, 2.05) is 41.3 Å².